The van der Waals surface area contributed by atoms with Crippen LogP contribution in [0.25, 0.3) is 0 Å². The molecule has 0 radical (unpaired) electrons. The Morgan fingerprint density at radius 3 is 2.31 bits per heavy atom. The second-order valence-electron chi connectivity index (χ2n) is 4.80. The number of ether oxygens (including phenoxy) is 1. The monoisotopic (exact) mass is 251 g/mol. The number of aliphatic hydroxyl groups excluding tert-OH is 1. The van der Waals surface area contributed by atoms with E-state index < -0.39 is 33.1 Å². The summed E-state index contributed by atoms with van der Waals surface area (Å²) in [6, 6.07) is 0. The van der Waals surface area contributed by atoms with Crippen molar-refractivity contribution in [3.63, 3.8) is 0 Å². The van der Waals surface area contributed by atoms with E-state index >= 15 is 0 Å². The molecule has 0 heterocycles. The summed E-state index contributed by atoms with van der Waals surface area (Å²) >= 11 is 0. The molecule has 0 aromatic carbocycles. The third kappa shape index (κ3) is 4.07. The maximum atomic E-state index is 11.4. The van der Waals surface area contributed by atoms with Gasteiger partial charge in [0.2, 0.25) is 16.3 Å². The van der Waals surface area contributed by atoms with Gasteiger partial charge in [0.05, 0.1) is 5.25 Å². The molecule has 1 fully saturated rings. The van der Waals surface area contributed by atoms with E-state index in [4.69, 9.17) is 4.74 Å². The molecule has 0 saturated heterocycles. The Kier molecular flexibility index (Phi) is 3.61. The van der Waals surface area contributed by atoms with E-state index in [1.165, 1.54) is 0 Å². The van der Waals surface area contributed by atoms with Crippen LogP contribution in [0.1, 0.15) is 33.6 Å². The fraction of sp³-hybridized carbons (Fsp3) is 0.889. The molecule has 1 rings (SSSR count). The molecule has 0 aromatic rings. The fourth-order valence-electron chi connectivity index (χ4n) is 1.04. The number of sulfonamides is 1. The Morgan fingerprint density at radius 1 is 1.44 bits per heavy atom. The number of carbonyl (C=O) groups excluding carboxylic acids is 1. The smallest absolute Gasteiger partial charge is 0.351 e. The van der Waals surface area contributed by atoms with Gasteiger partial charge in [0, 0.05) is 0 Å². The largest absolute Gasteiger partial charge is 0.457 e. The first kappa shape index (κ1) is 13.4. The zero-order chi connectivity index (χ0) is 12.6. The fourth-order valence-corrected chi connectivity index (χ4v) is 2.39. The third-order valence-corrected chi connectivity index (χ3v) is 3.77. The molecule has 2 N–H and O–H groups in total. The molecule has 0 spiro atoms. The molecule has 1 aliphatic carbocycles. The number of hydrogen-bond acceptors (Lipinski definition) is 5. The molecule has 1 saturated carbocycles. The van der Waals surface area contributed by atoms with Crippen LogP contribution in [-0.2, 0) is 19.6 Å². The highest BCUT2D eigenvalue weighted by atomic mass is 32.2. The highest BCUT2D eigenvalue weighted by molar-refractivity contribution is 7.90. The first-order valence-corrected chi connectivity index (χ1v) is 6.58. The number of carbonyl (C=O) groups is 1. The van der Waals surface area contributed by atoms with Crippen LogP contribution in [0.15, 0.2) is 0 Å². The summed E-state index contributed by atoms with van der Waals surface area (Å²) in [5.41, 5.74) is -0.761. The van der Waals surface area contributed by atoms with Gasteiger partial charge in [-0.25, -0.2) is 13.2 Å². The number of rotatable bonds is 4. The van der Waals surface area contributed by atoms with Crippen LogP contribution in [0.3, 0.4) is 0 Å². The molecule has 16 heavy (non-hydrogen) atoms. The first-order valence-electron chi connectivity index (χ1n) is 5.04. The highest BCUT2D eigenvalue weighted by Crippen LogP contribution is 2.27. The molecule has 7 heteroatoms. The molecule has 0 bridgehead atoms. The van der Waals surface area contributed by atoms with E-state index in [9.17, 15) is 18.3 Å². The van der Waals surface area contributed by atoms with Crippen molar-refractivity contribution in [3.05, 3.63) is 0 Å². The minimum absolute atomic E-state index is 0.482. The van der Waals surface area contributed by atoms with E-state index in [-0.39, 0.29) is 0 Å². The lowest BCUT2D eigenvalue weighted by molar-refractivity contribution is -0.165. The molecule has 6 nitrogen and oxygen atoms in total. The zero-order valence-corrected chi connectivity index (χ0v) is 10.4. The normalized spacial score (nSPS) is 19.2. The van der Waals surface area contributed by atoms with Gasteiger partial charge in [-0.05, 0) is 33.6 Å². The van der Waals surface area contributed by atoms with Gasteiger partial charge in [-0.15, -0.1) is 0 Å². The van der Waals surface area contributed by atoms with Crippen molar-refractivity contribution in [2.24, 2.45) is 0 Å². The minimum atomic E-state index is -3.59. The van der Waals surface area contributed by atoms with Crippen molar-refractivity contribution in [3.8, 4) is 0 Å². The summed E-state index contributed by atoms with van der Waals surface area (Å²) in [5.74, 6) is -0.989. The maximum absolute atomic E-state index is 11.4. The standard InChI is InChI=1S/C9H17NO5S/c1-9(2,3)15-8(12)7(11)10-16(13,14)6-4-5-6/h6-7,10-11H,4-5H2,1-3H3. The Morgan fingerprint density at radius 2 is 1.94 bits per heavy atom. The topological polar surface area (TPSA) is 92.7 Å². The number of aliphatic hydroxyl groups is 1. The van der Waals surface area contributed by atoms with Crippen LogP contribution in [-0.4, -0.2) is 36.6 Å². The van der Waals surface area contributed by atoms with Gasteiger partial charge in [0.1, 0.15) is 5.60 Å². The molecule has 1 unspecified atom stereocenters. The Balaban J connectivity index is 2.52. The summed E-state index contributed by atoms with van der Waals surface area (Å²) in [4.78, 5) is 11.3. The van der Waals surface area contributed by atoms with Crippen LogP contribution in [0.4, 0.5) is 0 Å². The van der Waals surface area contributed by atoms with E-state index in [1.807, 2.05) is 4.72 Å². The molecule has 0 aromatic heterocycles. The van der Waals surface area contributed by atoms with Crippen molar-refractivity contribution in [1.82, 2.24) is 4.72 Å². The Hall–Kier alpha value is -0.660. The van der Waals surface area contributed by atoms with E-state index in [1.54, 1.807) is 20.8 Å². The highest BCUT2D eigenvalue weighted by Gasteiger charge is 2.38. The summed E-state index contributed by atoms with van der Waals surface area (Å²) in [7, 11) is -3.59. The Bertz CT molecular complexity index is 366. The van der Waals surface area contributed by atoms with E-state index in [2.05, 4.69) is 0 Å². The molecular formula is C9H17NO5S. The van der Waals surface area contributed by atoms with Crippen LogP contribution < -0.4 is 4.72 Å². The number of esters is 1. The van der Waals surface area contributed by atoms with E-state index in [0.29, 0.717) is 12.8 Å². The molecule has 0 amide bonds. The van der Waals surface area contributed by atoms with Crippen molar-refractivity contribution in [1.29, 1.82) is 0 Å². The first-order chi connectivity index (χ1) is 7.12. The number of nitrogens with one attached hydrogen (secondary N) is 1. The van der Waals surface area contributed by atoms with Crippen molar-refractivity contribution < 1.29 is 23.1 Å². The zero-order valence-electron chi connectivity index (χ0n) is 9.56. The number of hydrogen-bond donors (Lipinski definition) is 2. The van der Waals surface area contributed by atoms with Crippen LogP contribution in [0.2, 0.25) is 0 Å². The van der Waals surface area contributed by atoms with Gasteiger partial charge in [-0.2, -0.15) is 4.72 Å². The summed E-state index contributed by atoms with van der Waals surface area (Å²) in [6.45, 7) is 4.90. The summed E-state index contributed by atoms with van der Waals surface area (Å²) < 4.78 is 29.5. The summed E-state index contributed by atoms with van der Waals surface area (Å²) in [5, 5.41) is 8.85. The van der Waals surface area contributed by atoms with Gasteiger partial charge in [0.15, 0.2) is 0 Å². The maximum Gasteiger partial charge on any atom is 0.351 e. The van der Waals surface area contributed by atoms with Gasteiger partial charge in [-0.1, -0.05) is 0 Å². The second kappa shape index (κ2) is 4.31. The van der Waals surface area contributed by atoms with Crippen molar-refractivity contribution >= 4 is 16.0 Å². The van der Waals surface area contributed by atoms with Gasteiger partial charge < -0.3 is 9.84 Å². The molecule has 1 aliphatic rings. The lowest BCUT2D eigenvalue weighted by Crippen LogP contribution is -2.45. The molecule has 1 atom stereocenters. The van der Waals surface area contributed by atoms with E-state index in [0.717, 1.165) is 0 Å². The Labute approximate surface area is 95.0 Å². The predicted octanol–water partition coefficient (Wildman–Crippen LogP) is -0.272. The summed E-state index contributed by atoms with van der Waals surface area (Å²) in [6.07, 6.45) is -0.697. The van der Waals surface area contributed by atoms with Crippen LogP contribution in [0.5, 0.6) is 0 Å². The van der Waals surface area contributed by atoms with Gasteiger partial charge in [-0.3, -0.25) is 0 Å². The van der Waals surface area contributed by atoms with Crippen LogP contribution >= 0.6 is 0 Å². The molecule has 0 aliphatic heterocycles. The van der Waals surface area contributed by atoms with Crippen molar-refractivity contribution in [2.75, 3.05) is 0 Å². The lowest BCUT2D eigenvalue weighted by Gasteiger charge is -2.21. The average molecular weight is 251 g/mol. The molecular weight excluding hydrogens is 234 g/mol. The molecule has 94 valence electrons. The predicted molar refractivity (Wildman–Crippen MR) is 56.9 cm³/mol. The second-order valence-corrected chi connectivity index (χ2v) is 6.79. The average Bonchev–Trinajstić information content (AvgIpc) is 2.80. The van der Waals surface area contributed by atoms with Gasteiger partial charge in [0.25, 0.3) is 0 Å². The quantitative estimate of drug-likeness (QED) is 0.530. The van der Waals surface area contributed by atoms with Crippen molar-refractivity contribution in [2.45, 2.75) is 50.7 Å². The third-order valence-electron chi connectivity index (χ3n) is 1.87. The minimum Gasteiger partial charge on any atom is -0.457 e. The van der Waals surface area contributed by atoms with Gasteiger partial charge >= 0.3 is 5.97 Å². The lowest BCUT2D eigenvalue weighted by atomic mass is 10.2. The SMILES string of the molecule is CC(C)(C)OC(=O)C(O)NS(=O)(=O)C1CC1. The van der Waals surface area contributed by atoms with Crippen LogP contribution in [0, 0.1) is 0 Å².